The van der Waals surface area contributed by atoms with Crippen LogP contribution in [0.1, 0.15) is 38.7 Å². The number of rotatable bonds is 2. The Balaban J connectivity index is 0.00000200. The molecule has 6 heteroatoms. The SMILES string of the molecule is CC(C)(C)OC(=O)Nc1cnccc1C1CCNC1.Cl. The number of ether oxygens (including phenoxy) is 1. The van der Waals surface area contributed by atoms with Gasteiger partial charge in [-0.2, -0.15) is 0 Å². The Morgan fingerprint density at radius 2 is 2.25 bits per heavy atom. The summed E-state index contributed by atoms with van der Waals surface area (Å²) < 4.78 is 5.27. The van der Waals surface area contributed by atoms with Crippen molar-refractivity contribution in [3.8, 4) is 0 Å². The summed E-state index contributed by atoms with van der Waals surface area (Å²) in [4.78, 5) is 15.9. The number of nitrogens with zero attached hydrogens (tertiary/aromatic N) is 1. The number of hydrogen-bond donors (Lipinski definition) is 2. The van der Waals surface area contributed by atoms with Gasteiger partial charge in [-0.05, 0) is 51.3 Å². The van der Waals surface area contributed by atoms with E-state index in [1.165, 1.54) is 0 Å². The highest BCUT2D eigenvalue weighted by Crippen LogP contribution is 2.28. The lowest BCUT2D eigenvalue weighted by atomic mass is 9.98. The first kappa shape index (κ1) is 16.7. The predicted molar refractivity (Wildman–Crippen MR) is 81.6 cm³/mol. The fourth-order valence-corrected chi connectivity index (χ4v) is 2.20. The molecular weight excluding hydrogens is 278 g/mol. The van der Waals surface area contributed by atoms with Crippen molar-refractivity contribution in [2.24, 2.45) is 0 Å². The molecule has 0 aliphatic carbocycles. The maximum Gasteiger partial charge on any atom is 0.412 e. The molecule has 1 aliphatic rings. The minimum atomic E-state index is -0.499. The second-order valence-corrected chi connectivity index (χ2v) is 5.78. The third-order valence-corrected chi connectivity index (χ3v) is 2.99. The van der Waals surface area contributed by atoms with Gasteiger partial charge >= 0.3 is 6.09 Å². The van der Waals surface area contributed by atoms with Crippen molar-refractivity contribution < 1.29 is 9.53 Å². The number of pyridine rings is 1. The summed E-state index contributed by atoms with van der Waals surface area (Å²) in [6.45, 7) is 7.48. The van der Waals surface area contributed by atoms with Crippen molar-refractivity contribution in [1.82, 2.24) is 10.3 Å². The van der Waals surface area contributed by atoms with E-state index in [1.807, 2.05) is 26.8 Å². The third-order valence-electron chi connectivity index (χ3n) is 2.99. The predicted octanol–water partition coefficient (Wildman–Crippen LogP) is 2.93. The molecule has 0 radical (unpaired) electrons. The zero-order chi connectivity index (χ0) is 13.9. The summed E-state index contributed by atoms with van der Waals surface area (Å²) in [7, 11) is 0. The van der Waals surface area contributed by atoms with Crippen LogP contribution in [0.5, 0.6) is 0 Å². The van der Waals surface area contributed by atoms with Crippen LogP contribution < -0.4 is 10.6 Å². The van der Waals surface area contributed by atoms with Gasteiger partial charge in [0.25, 0.3) is 0 Å². The molecule has 1 atom stereocenters. The van der Waals surface area contributed by atoms with E-state index in [-0.39, 0.29) is 12.4 Å². The number of amides is 1. The molecule has 1 aliphatic heterocycles. The second kappa shape index (κ2) is 6.90. The Hall–Kier alpha value is -1.33. The van der Waals surface area contributed by atoms with Crippen molar-refractivity contribution in [2.75, 3.05) is 18.4 Å². The Kier molecular flexibility index (Phi) is 5.77. The average molecular weight is 300 g/mol. The molecule has 5 nitrogen and oxygen atoms in total. The monoisotopic (exact) mass is 299 g/mol. The average Bonchev–Trinajstić information content (AvgIpc) is 2.80. The van der Waals surface area contributed by atoms with Crippen molar-refractivity contribution in [1.29, 1.82) is 0 Å². The van der Waals surface area contributed by atoms with Gasteiger partial charge in [0.2, 0.25) is 0 Å². The van der Waals surface area contributed by atoms with Crippen molar-refractivity contribution in [3.05, 3.63) is 24.0 Å². The van der Waals surface area contributed by atoms with E-state index in [0.29, 0.717) is 5.92 Å². The molecule has 1 aromatic rings. The number of nitrogens with one attached hydrogen (secondary N) is 2. The summed E-state index contributed by atoms with van der Waals surface area (Å²) in [6, 6.07) is 1.96. The minimum Gasteiger partial charge on any atom is -0.444 e. The van der Waals surface area contributed by atoms with E-state index in [9.17, 15) is 4.79 Å². The van der Waals surface area contributed by atoms with Crippen molar-refractivity contribution in [3.63, 3.8) is 0 Å². The second-order valence-electron chi connectivity index (χ2n) is 5.78. The van der Waals surface area contributed by atoms with Crippen LogP contribution in [0.4, 0.5) is 10.5 Å². The number of hydrogen-bond acceptors (Lipinski definition) is 4. The number of carbonyl (C=O) groups is 1. The van der Waals surface area contributed by atoms with Crippen molar-refractivity contribution in [2.45, 2.75) is 38.7 Å². The topological polar surface area (TPSA) is 63.2 Å². The fourth-order valence-electron chi connectivity index (χ4n) is 2.20. The molecule has 1 unspecified atom stereocenters. The molecule has 2 N–H and O–H groups in total. The maximum absolute atomic E-state index is 11.8. The van der Waals surface area contributed by atoms with Gasteiger partial charge in [-0.1, -0.05) is 0 Å². The van der Waals surface area contributed by atoms with Gasteiger partial charge < -0.3 is 10.1 Å². The molecule has 20 heavy (non-hydrogen) atoms. The molecule has 0 spiro atoms. The van der Waals surface area contributed by atoms with Gasteiger partial charge in [0.15, 0.2) is 0 Å². The van der Waals surface area contributed by atoms with Crippen LogP contribution in [0.2, 0.25) is 0 Å². The fraction of sp³-hybridized carbons (Fsp3) is 0.571. The van der Waals surface area contributed by atoms with Crippen LogP contribution in [-0.4, -0.2) is 29.8 Å². The Labute approximate surface area is 125 Å². The largest absolute Gasteiger partial charge is 0.444 e. The lowest BCUT2D eigenvalue weighted by Gasteiger charge is -2.21. The smallest absolute Gasteiger partial charge is 0.412 e. The molecule has 2 rings (SSSR count). The summed E-state index contributed by atoms with van der Waals surface area (Å²) in [5.74, 6) is 0.424. The number of halogens is 1. The van der Waals surface area contributed by atoms with Gasteiger partial charge in [-0.15, -0.1) is 12.4 Å². The first-order valence-electron chi connectivity index (χ1n) is 6.60. The zero-order valence-electron chi connectivity index (χ0n) is 12.1. The summed E-state index contributed by atoms with van der Waals surface area (Å²) in [6.07, 6.45) is 4.08. The highest BCUT2D eigenvalue weighted by Gasteiger charge is 2.22. The molecule has 1 amide bonds. The van der Waals surface area contributed by atoms with E-state index < -0.39 is 11.7 Å². The minimum absolute atomic E-state index is 0. The standard InChI is InChI=1S/C14H21N3O2.ClH/c1-14(2,3)19-13(18)17-12-9-16-7-5-11(12)10-4-6-15-8-10;/h5,7,9-10,15H,4,6,8H2,1-3H3,(H,17,18);1H. The van der Waals surface area contributed by atoms with Gasteiger partial charge in [-0.3, -0.25) is 10.3 Å². The molecule has 1 aromatic heterocycles. The number of anilines is 1. The molecule has 112 valence electrons. The first-order valence-corrected chi connectivity index (χ1v) is 6.60. The highest BCUT2D eigenvalue weighted by molar-refractivity contribution is 5.86. The number of aromatic nitrogens is 1. The summed E-state index contributed by atoms with van der Waals surface area (Å²) in [5.41, 5.74) is 1.36. The highest BCUT2D eigenvalue weighted by atomic mass is 35.5. The Morgan fingerprint density at radius 3 is 2.85 bits per heavy atom. The maximum atomic E-state index is 11.8. The Morgan fingerprint density at radius 1 is 1.50 bits per heavy atom. The molecule has 0 bridgehead atoms. The van der Waals surface area contributed by atoms with Gasteiger partial charge in [0.1, 0.15) is 5.60 Å². The van der Waals surface area contributed by atoms with E-state index in [4.69, 9.17) is 4.74 Å². The lowest BCUT2D eigenvalue weighted by molar-refractivity contribution is 0.0635. The van der Waals surface area contributed by atoms with E-state index >= 15 is 0 Å². The van der Waals surface area contributed by atoms with Crippen LogP contribution in [-0.2, 0) is 4.74 Å². The Bertz CT molecular complexity index is 454. The van der Waals surface area contributed by atoms with E-state index in [2.05, 4.69) is 15.6 Å². The van der Waals surface area contributed by atoms with Crippen LogP contribution in [0.15, 0.2) is 18.5 Å². The molecule has 1 fully saturated rings. The van der Waals surface area contributed by atoms with Crippen LogP contribution in [0.3, 0.4) is 0 Å². The zero-order valence-corrected chi connectivity index (χ0v) is 12.9. The molecular formula is C14H22ClN3O2. The summed E-state index contributed by atoms with van der Waals surface area (Å²) >= 11 is 0. The van der Waals surface area contributed by atoms with Gasteiger partial charge in [0, 0.05) is 12.7 Å². The molecule has 0 aromatic carbocycles. The molecule has 0 saturated carbocycles. The first-order chi connectivity index (χ1) is 8.96. The van der Waals surface area contributed by atoms with Crippen molar-refractivity contribution >= 4 is 24.2 Å². The van der Waals surface area contributed by atoms with Crippen LogP contribution in [0.25, 0.3) is 0 Å². The van der Waals surface area contributed by atoms with Gasteiger partial charge in [0.05, 0.1) is 11.9 Å². The van der Waals surface area contributed by atoms with E-state index in [1.54, 1.807) is 12.4 Å². The van der Waals surface area contributed by atoms with Gasteiger partial charge in [-0.25, -0.2) is 4.79 Å². The van der Waals surface area contributed by atoms with Crippen LogP contribution >= 0.6 is 12.4 Å². The normalized spacial score (nSPS) is 18.2. The summed E-state index contributed by atoms with van der Waals surface area (Å²) in [5, 5.41) is 6.12. The lowest BCUT2D eigenvalue weighted by Crippen LogP contribution is -2.27. The number of carbonyl (C=O) groups excluding carboxylic acids is 1. The van der Waals surface area contributed by atoms with Crippen LogP contribution in [0, 0.1) is 0 Å². The molecule has 2 heterocycles. The third kappa shape index (κ3) is 4.65. The molecule has 1 saturated heterocycles. The quantitative estimate of drug-likeness (QED) is 0.881. The van der Waals surface area contributed by atoms with E-state index in [0.717, 1.165) is 30.8 Å².